The number of benzene rings is 3. The largest absolute Gasteiger partial charge is 0.387 e. The summed E-state index contributed by atoms with van der Waals surface area (Å²) in [6, 6.07) is 16.7. The second-order valence-electron chi connectivity index (χ2n) is 10.9. The molecule has 3 aromatic carbocycles. The maximum Gasteiger partial charge on any atom is 0.0917 e. The van der Waals surface area contributed by atoms with Gasteiger partial charge in [-0.25, -0.2) is 0 Å². The first-order chi connectivity index (χ1) is 18.1. The maximum absolute atomic E-state index is 11.3. The molecule has 3 aromatic rings. The van der Waals surface area contributed by atoms with E-state index in [1.54, 1.807) is 0 Å². The molecule has 2 nitrogen and oxygen atoms in total. The van der Waals surface area contributed by atoms with Gasteiger partial charge in [-0.05, 0) is 59.8 Å². The third kappa shape index (κ3) is 9.89. The lowest BCUT2D eigenvalue weighted by Crippen LogP contribution is -2.31. The lowest BCUT2D eigenvalue weighted by atomic mass is 9.98. The standard InChI is InChI=1S/C34H50ClNO/c1-3-5-7-9-11-13-17-23-36(24-18-14-12-10-8-6-4-2)27-34(37)29-22-21-28-26-33(35)31-20-16-15-19-30(31)32(28)25-29/h15-16,19-22,25-26,34,37H,3-14,17-18,23-24,27H2,1-2H3. The van der Waals surface area contributed by atoms with Crippen molar-refractivity contribution in [1.82, 2.24) is 4.90 Å². The van der Waals surface area contributed by atoms with Crippen LogP contribution >= 0.6 is 11.6 Å². The Bertz CT molecular complexity index is 1030. The first-order valence-electron chi connectivity index (χ1n) is 15.1. The third-order valence-corrected chi connectivity index (χ3v) is 8.12. The number of hydrogen-bond acceptors (Lipinski definition) is 2. The monoisotopic (exact) mass is 523 g/mol. The second-order valence-corrected chi connectivity index (χ2v) is 11.4. The molecule has 0 radical (unpaired) electrons. The molecule has 3 heteroatoms. The minimum Gasteiger partial charge on any atom is -0.387 e. The van der Waals surface area contributed by atoms with Gasteiger partial charge in [-0.15, -0.1) is 0 Å². The Morgan fingerprint density at radius 1 is 0.649 bits per heavy atom. The molecule has 0 heterocycles. The maximum atomic E-state index is 11.3. The van der Waals surface area contributed by atoms with Gasteiger partial charge < -0.3 is 10.0 Å². The van der Waals surface area contributed by atoms with E-state index >= 15 is 0 Å². The van der Waals surface area contributed by atoms with E-state index in [1.807, 2.05) is 12.1 Å². The number of hydrogen-bond donors (Lipinski definition) is 1. The molecule has 0 aliphatic heterocycles. The minimum atomic E-state index is -0.479. The van der Waals surface area contributed by atoms with Gasteiger partial charge in [0.2, 0.25) is 0 Å². The molecule has 1 atom stereocenters. The van der Waals surface area contributed by atoms with Gasteiger partial charge in [0.25, 0.3) is 0 Å². The molecule has 0 aromatic heterocycles. The van der Waals surface area contributed by atoms with Crippen molar-refractivity contribution in [3.05, 3.63) is 59.1 Å². The molecule has 0 saturated carbocycles. The predicted molar refractivity (Wildman–Crippen MR) is 164 cm³/mol. The zero-order valence-electron chi connectivity index (χ0n) is 23.5. The third-order valence-electron chi connectivity index (χ3n) is 7.81. The van der Waals surface area contributed by atoms with Gasteiger partial charge in [-0.2, -0.15) is 0 Å². The van der Waals surface area contributed by atoms with Gasteiger partial charge in [0.1, 0.15) is 0 Å². The van der Waals surface area contributed by atoms with Crippen molar-refractivity contribution in [2.24, 2.45) is 0 Å². The van der Waals surface area contributed by atoms with E-state index in [0.717, 1.165) is 39.8 Å². The number of aliphatic hydroxyl groups excluding tert-OH is 1. The molecule has 0 fully saturated rings. The predicted octanol–water partition coefficient (Wildman–Crippen LogP) is 10.5. The van der Waals surface area contributed by atoms with Crippen LogP contribution in [-0.2, 0) is 0 Å². The van der Waals surface area contributed by atoms with Gasteiger partial charge in [0.05, 0.1) is 6.10 Å². The first kappa shape index (κ1) is 29.9. The molecule has 0 amide bonds. The van der Waals surface area contributed by atoms with E-state index in [9.17, 15) is 5.11 Å². The average molecular weight is 524 g/mol. The second kappa shape index (κ2) is 17.1. The van der Waals surface area contributed by atoms with E-state index in [0.29, 0.717) is 6.54 Å². The smallest absolute Gasteiger partial charge is 0.0917 e. The Morgan fingerprint density at radius 2 is 1.19 bits per heavy atom. The molecule has 204 valence electrons. The minimum absolute atomic E-state index is 0.479. The highest BCUT2D eigenvalue weighted by molar-refractivity contribution is 6.37. The Balaban J connectivity index is 1.61. The van der Waals surface area contributed by atoms with Gasteiger partial charge in [-0.3, -0.25) is 0 Å². The molecule has 0 aliphatic rings. The number of unbranched alkanes of at least 4 members (excludes halogenated alkanes) is 12. The first-order valence-corrected chi connectivity index (χ1v) is 15.5. The van der Waals surface area contributed by atoms with Crippen LogP contribution in [0.5, 0.6) is 0 Å². The molecule has 1 N–H and O–H groups in total. The van der Waals surface area contributed by atoms with E-state index in [1.165, 1.54) is 95.3 Å². The van der Waals surface area contributed by atoms with Crippen LogP contribution in [0.2, 0.25) is 5.02 Å². The van der Waals surface area contributed by atoms with Crippen LogP contribution in [0.25, 0.3) is 21.5 Å². The molecule has 0 saturated heterocycles. The normalized spacial score (nSPS) is 12.7. The fourth-order valence-electron chi connectivity index (χ4n) is 5.51. The quantitative estimate of drug-likeness (QED) is 0.125. The number of rotatable bonds is 19. The van der Waals surface area contributed by atoms with Crippen molar-refractivity contribution in [1.29, 1.82) is 0 Å². The SMILES string of the molecule is CCCCCCCCCN(CCCCCCCCC)CC(O)c1ccc2cc(Cl)c3ccccc3c2c1. The van der Waals surface area contributed by atoms with Crippen LogP contribution in [0.4, 0.5) is 0 Å². The summed E-state index contributed by atoms with van der Waals surface area (Å²) in [6.07, 6.45) is 18.1. The molecule has 1 unspecified atom stereocenters. The zero-order chi connectivity index (χ0) is 26.3. The Morgan fingerprint density at radius 3 is 1.78 bits per heavy atom. The topological polar surface area (TPSA) is 23.5 Å². The number of halogens is 1. The summed E-state index contributed by atoms with van der Waals surface area (Å²) in [5.74, 6) is 0. The van der Waals surface area contributed by atoms with Gasteiger partial charge >= 0.3 is 0 Å². The summed E-state index contributed by atoms with van der Waals surface area (Å²) in [6.45, 7) is 7.45. The summed E-state index contributed by atoms with van der Waals surface area (Å²) in [7, 11) is 0. The molecule has 0 bridgehead atoms. The highest BCUT2D eigenvalue weighted by Gasteiger charge is 2.15. The van der Waals surface area contributed by atoms with Crippen molar-refractivity contribution >= 4 is 33.1 Å². The van der Waals surface area contributed by atoms with Crippen LogP contribution in [0, 0.1) is 0 Å². The molecule has 0 spiro atoms. The van der Waals surface area contributed by atoms with Crippen molar-refractivity contribution in [2.45, 2.75) is 110 Å². The van der Waals surface area contributed by atoms with Gasteiger partial charge in [0, 0.05) is 17.0 Å². The zero-order valence-corrected chi connectivity index (χ0v) is 24.2. The van der Waals surface area contributed by atoms with E-state index < -0.39 is 6.10 Å². The van der Waals surface area contributed by atoms with E-state index in [4.69, 9.17) is 11.6 Å². The molecular formula is C34H50ClNO. The summed E-state index contributed by atoms with van der Waals surface area (Å²) in [5.41, 5.74) is 1.00. The molecule has 3 rings (SSSR count). The van der Waals surface area contributed by atoms with Crippen LogP contribution in [0.3, 0.4) is 0 Å². The Hall–Kier alpha value is -1.61. The fraction of sp³-hybridized carbons (Fsp3) is 0.588. The summed E-state index contributed by atoms with van der Waals surface area (Å²) in [5, 5.41) is 16.6. The van der Waals surface area contributed by atoms with Gasteiger partial charge in [-0.1, -0.05) is 139 Å². The number of aliphatic hydroxyl groups is 1. The highest BCUT2D eigenvalue weighted by Crippen LogP contribution is 2.33. The Labute approximate surface area is 231 Å². The van der Waals surface area contributed by atoms with E-state index in [2.05, 4.69) is 55.1 Å². The van der Waals surface area contributed by atoms with E-state index in [-0.39, 0.29) is 0 Å². The van der Waals surface area contributed by atoms with Crippen LogP contribution < -0.4 is 0 Å². The van der Waals surface area contributed by atoms with Crippen LogP contribution in [0.15, 0.2) is 48.5 Å². The van der Waals surface area contributed by atoms with Crippen molar-refractivity contribution < 1.29 is 5.11 Å². The van der Waals surface area contributed by atoms with Crippen molar-refractivity contribution in [2.75, 3.05) is 19.6 Å². The summed E-state index contributed by atoms with van der Waals surface area (Å²) >= 11 is 6.54. The highest BCUT2D eigenvalue weighted by atomic mass is 35.5. The van der Waals surface area contributed by atoms with Crippen molar-refractivity contribution in [3.8, 4) is 0 Å². The average Bonchev–Trinajstić information content (AvgIpc) is 2.91. The summed E-state index contributed by atoms with van der Waals surface area (Å²) < 4.78 is 0. The lowest BCUT2D eigenvalue weighted by molar-refractivity contribution is 0.110. The van der Waals surface area contributed by atoms with Gasteiger partial charge in [0.15, 0.2) is 0 Å². The Kier molecular flexibility index (Phi) is 13.8. The van der Waals surface area contributed by atoms with Crippen LogP contribution in [-0.4, -0.2) is 29.6 Å². The molecular weight excluding hydrogens is 474 g/mol. The van der Waals surface area contributed by atoms with Crippen molar-refractivity contribution in [3.63, 3.8) is 0 Å². The number of nitrogens with zero attached hydrogens (tertiary/aromatic N) is 1. The summed E-state index contributed by atoms with van der Waals surface area (Å²) in [4.78, 5) is 2.52. The molecule has 0 aliphatic carbocycles. The van der Waals surface area contributed by atoms with Crippen LogP contribution in [0.1, 0.15) is 115 Å². The number of fused-ring (bicyclic) bond motifs is 3. The lowest BCUT2D eigenvalue weighted by Gasteiger charge is -2.26. The fourth-order valence-corrected chi connectivity index (χ4v) is 5.79. The molecule has 37 heavy (non-hydrogen) atoms.